The highest BCUT2D eigenvalue weighted by molar-refractivity contribution is 7.99. The number of hydrogen-bond donors (Lipinski definition) is 1. The number of esters is 1. The van der Waals surface area contributed by atoms with Crippen LogP contribution < -0.4 is 5.32 Å². The van der Waals surface area contributed by atoms with E-state index in [1.807, 2.05) is 18.2 Å². The summed E-state index contributed by atoms with van der Waals surface area (Å²) < 4.78 is 5.35. The number of fused-ring (bicyclic) bond motifs is 4. The first-order chi connectivity index (χ1) is 18.1. The average molecular weight is 532 g/mol. The normalized spacial score (nSPS) is 13.9. The van der Waals surface area contributed by atoms with Crippen LogP contribution in [0.5, 0.6) is 0 Å². The fraction of sp³-hybridized carbons (Fsp3) is 0.379. The van der Waals surface area contributed by atoms with Crippen LogP contribution in [-0.2, 0) is 35.2 Å². The molecule has 0 fully saturated rings. The molecule has 2 aliphatic rings. The molecular formula is C29H29N3O3S2. The Bertz CT molecular complexity index is 1390. The molecule has 1 aromatic carbocycles. The molecule has 0 saturated heterocycles. The van der Waals surface area contributed by atoms with Crippen molar-refractivity contribution in [2.24, 2.45) is 0 Å². The molecule has 190 valence electrons. The van der Waals surface area contributed by atoms with E-state index in [0.717, 1.165) is 60.2 Å². The van der Waals surface area contributed by atoms with E-state index in [9.17, 15) is 14.9 Å². The van der Waals surface area contributed by atoms with Crippen molar-refractivity contribution in [3.8, 4) is 16.5 Å². The predicted octanol–water partition coefficient (Wildman–Crippen LogP) is 6.35. The zero-order chi connectivity index (χ0) is 25.8. The maximum absolute atomic E-state index is 13.0. The maximum atomic E-state index is 13.0. The van der Waals surface area contributed by atoms with Gasteiger partial charge in [-0.1, -0.05) is 30.7 Å². The van der Waals surface area contributed by atoms with E-state index in [1.165, 1.54) is 40.6 Å². The predicted molar refractivity (Wildman–Crippen MR) is 147 cm³/mol. The molecule has 5 rings (SSSR count). The summed E-state index contributed by atoms with van der Waals surface area (Å²) in [4.78, 5) is 31.7. The van der Waals surface area contributed by atoms with Gasteiger partial charge in [0.15, 0.2) is 0 Å². The number of nitriles is 1. The molecule has 0 saturated carbocycles. The zero-order valence-electron chi connectivity index (χ0n) is 20.9. The number of thiophene rings is 1. The third kappa shape index (κ3) is 5.43. The van der Waals surface area contributed by atoms with Crippen molar-refractivity contribution in [2.45, 2.75) is 63.3 Å². The maximum Gasteiger partial charge on any atom is 0.341 e. The van der Waals surface area contributed by atoms with E-state index in [1.54, 1.807) is 6.92 Å². The van der Waals surface area contributed by atoms with Gasteiger partial charge in [-0.25, -0.2) is 9.78 Å². The lowest BCUT2D eigenvalue weighted by atomic mass is 9.89. The van der Waals surface area contributed by atoms with Gasteiger partial charge in [-0.3, -0.25) is 4.79 Å². The smallest absolute Gasteiger partial charge is 0.341 e. The number of rotatable bonds is 7. The SMILES string of the molecule is CCOC(=O)c1c(NC(=O)CCSc2nc3c(cc2C#N)CCCCC3)sc2c1CCc1ccccc1-2. The Morgan fingerprint density at radius 2 is 1.97 bits per heavy atom. The van der Waals surface area contributed by atoms with Crippen molar-refractivity contribution in [1.29, 1.82) is 5.26 Å². The fourth-order valence-corrected chi connectivity index (χ4v) is 7.29. The Labute approximate surface area is 225 Å². The Morgan fingerprint density at radius 3 is 2.81 bits per heavy atom. The van der Waals surface area contributed by atoms with Gasteiger partial charge in [0.1, 0.15) is 16.1 Å². The molecular weight excluding hydrogens is 502 g/mol. The minimum absolute atomic E-state index is 0.168. The van der Waals surface area contributed by atoms with Gasteiger partial charge in [0.05, 0.1) is 17.7 Å². The lowest BCUT2D eigenvalue weighted by molar-refractivity contribution is -0.115. The second-order valence-electron chi connectivity index (χ2n) is 9.26. The number of anilines is 1. The zero-order valence-corrected chi connectivity index (χ0v) is 22.5. The lowest BCUT2D eigenvalue weighted by Crippen LogP contribution is -2.16. The average Bonchev–Trinajstić information content (AvgIpc) is 3.11. The van der Waals surface area contributed by atoms with Crippen LogP contribution in [-0.4, -0.2) is 29.2 Å². The van der Waals surface area contributed by atoms with E-state index in [-0.39, 0.29) is 18.9 Å². The van der Waals surface area contributed by atoms with Gasteiger partial charge in [0, 0.05) is 22.7 Å². The quantitative estimate of drug-likeness (QED) is 0.217. The molecule has 0 radical (unpaired) electrons. The van der Waals surface area contributed by atoms with Crippen LogP contribution in [0.2, 0.25) is 0 Å². The van der Waals surface area contributed by atoms with Crippen molar-refractivity contribution >= 4 is 40.0 Å². The number of amides is 1. The summed E-state index contributed by atoms with van der Waals surface area (Å²) in [5.74, 6) is -0.0651. The first-order valence-electron chi connectivity index (χ1n) is 12.9. The van der Waals surface area contributed by atoms with Gasteiger partial charge in [-0.05, 0) is 73.8 Å². The Hall–Kier alpha value is -3.15. The van der Waals surface area contributed by atoms with E-state index in [0.29, 0.717) is 26.9 Å². The third-order valence-corrected chi connectivity index (χ3v) is 9.02. The van der Waals surface area contributed by atoms with Gasteiger partial charge >= 0.3 is 5.97 Å². The van der Waals surface area contributed by atoms with Gasteiger partial charge in [-0.2, -0.15) is 5.26 Å². The molecule has 37 heavy (non-hydrogen) atoms. The standard InChI is InChI=1S/C29H29N3O3S2/c1-2-35-29(34)25-22-13-12-18-8-6-7-10-21(18)26(22)37-28(25)32-24(33)14-15-36-27-20(17-30)16-19-9-4-3-5-11-23(19)31-27/h6-8,10,16H,2-5,9,11-15H2,1H3,(H,32,33). The number of aryl methyl sites for hydroxylation is 3. The second kappa shape index (κ2) is 11.5. The minimum atomic E-state index is -0.392. The Balaban J connectivity index is 1.31. The monoisotopic (exact) mass is 531 g/mol. The summed E-state index contributed by atoms with van der Waals surface area (Å²) in [6.45, 7) is 2.06. The Kier molecular flexibility index (Phi) is 7.92. The molecule has 0 atom stereocenters. The number of thioether (sulfide) groups is 1. The van der Waals surface area contributed by atoms with Gasteiger partial charge in [-0.15, -0.1) is 23.1 Å². The summed E-state index contributed by atoms with van der Waals surface area (Å²) in [5.41, 5.74) is 6.67. The number of nitrogens with zero attached hydrogens (tertiary/aromatic N) is 2. The Morgan fingerprint density at radius 1 is 1.14 bits per heavy atom. The van der Waals surface area contributed by atoms with Crippen LogP contribution in [0, 0.1) is 11.3 Å². The molecule has 0 aliphatic heterocycles. The molecule has 2 heterocycles. The highest BCUT2D eigenvalue weighted by Gasteiger charge is 2.29. The number of aromatic nitrogens is 1. The molecule has 6 nitrogen and oxygen atoms in total. The summed E-state index contributed by atoms with van der Waals surface area (Å²) >= 11 is 2.89. The van der Waals surface area contributed by atoms with Crippen LogP contribution in [0.15, 0.2) is 35.4 Å². The fourth-order valence-electron chi connectivity index (χ4n) is 5.06. The number of hydrogen-bond acceptors (Lipinski definition) is 7. The first kappa shape index (κ1) is 25.5. The molecule has 1 N–H and O–H groups in total. The topological polar surface area (TPSA) is 92.1 Å². The van der Waals surface area contributed by atoms with Crippen LogP contribution >= 0.6 is 23.1 Å². The van der Waals surface area contributed by atoms with Crippen molar-refractivity contribution < 1.29 is 14.3 Å². The number of carbonyl (C=O) groups excluding carboxylic acids is 2. The number of ether oxygens (including phenoxy) is 1. The summed E-state index contributed by atoms with van der Waals surface area (Å²) in [6.07, 6.45) is 7.20. The van der Waals surface area contributed by atoms with Crippen molar-refractivity contribution in [3.63, 3.8) is 0 Å². The van der Waals surface area contributed by atoms with Crippen LogP contribution in [0.1, 0.15) is 70.9 Å². The van der Waals surface area contributed by atoms with Crippen LogP contribution in [0.3, 0.4) is 0 Å². The second-order valence-corrected chi connectivity index (χ2v) is 11.4. The minimum Gasteiger partial charge on any atom is -0.462 e. The van der Waals surface area contributed by atoms with Gasteiger partial charge in [0.25, 0.3) is 0 Å². The van der Waals surface area contributed by atoms with Crippen LogP contribution in [0.4, 0.5) is 5.00 Å². The van der Waals surface area contributed by atoms with E-state index >= 15 is 0 Å². The molecule has 0 unspecified atom stereocenters. The summed E-state index contributed by atoms with van der Waals surface area (Å²) in [5, 5.41) is 13.9. The molecule has 2 aromatic heterocycles. The first-order valence-corrected chi connectivity index (χ1v) is 14.7. The number of pyridine rings is 1. The molecule has 2 aliphatic carbocycles. The van der Waals surface area contributed by atoms with Crippen LogP contribution in [0.25, 0.3) is 10.4 Å². The molecule has 0 bridgehead atoms. The largest absolute Gasteiger partial charge is 0.462 e. The van der Waals surface area contributed by atoms with E-state index in [2.05, 4.69) is 23.5 Å². The van der Waals surface area contributed by atoms with Gasteiger partial charge in [0.2, 0.25) is 5.91 Å². The molecule has 8 heteroatoms. The number of nitrogens with one attached hydrogen (secondary N) is 1. The summed E-state index contributed by atoms with van der Waals surface area (Å²) in [6, 6.07) is 12.5. The molecule has 0 spiro atoms. The molecule has 1 amide bonds. The lowest BCUT2D eigenvalue weighted by Gasteiger charge is -2.16. The van der Waals surface area contributed by atoms with Crippen molar-refractivity contribution in [1.82, 2.24) is 4.98 Å². The highest BCUT2D eigenvalue weighted by atomic mass is 32.2. The third-order valence-electron chi connectivity index (χ3n) is 6.85. The van der Waals surface area contributed by atoms with Crippen molar-refractivity contribution in [2.75, 3.05) is 17.7 Å². The summed E-state index contributed by atoms with van der Waals surface area (Å²) in [7, 11) is 0. The highest BCUT2D eigenvalue weighted by Crippen LogP contribution is 2.45. The van der Waals surface area contributed by atoms with E-state index < -0.39 is 5.97 Å². The number of carbonyl (C=O) groups is 2. The van der Waals surface area contributed by atoms with Gasteiger partial charge < -0.3 is 10.1 Å². The van der Waals surface area contributed by atoms with E-state index in [4.69, 9.17) is 9.72 Å². The number of benzene rings is 1. The van der Waals surface area contributed by atoms with Crippen molar-refractivity contribution in [3.05, 3.63) is 63.8 Å². The molecule has 3 aromatic rings.